The van der Waals surface area contributed by atoms with Crippen LogP contribution in [0, 0.1) is 6.92 Å². The molecule has 1 aromatic heterocycles. The number of benzene rings is 1. The third-order valence-corrected chi connectivity index (χ3v) is 6.86. The Morgan fingerprint density at radius 3 is 2.44 bits per heavy atom. The smallest absolute Gasteiger partial charge is 0.289 e. The number of hydrogen-bond donors (Lipinski definition) is 0. The van der Waals surface area contributed by atoms with Gasteiger partial charge in [0.2, 0.25) is 10.0 Å². The average molecular weight is 448 g/mol. The van der Waals surface area contributed by atoms with Gasteiger partial charge < -0.3 is 9.32 Å². The first-order valence-electron chi connectivity index (χ1n) is 7.60. The molecule has 134 valence electrons. The summed E-state index contributed by atoms with van der Waals surface area (Å²) in [4.78, 5) is 14.0. The highest BCUT2D eigenvalue weighted by atomic mass is 79.9. The lowest BCUT2D eigenvalue weighted by Gasteiger charge is -2.33. The molecule has 0 radical (unpaired) electrons. The van der Waals surface area contributed by atoms with Gasteiger partial charge in [-0.05, 0) is 37.3 Å². The second-order valence-corrected chi connectivity index (χ2v) is 8.91. The summed E-state index contributed by atoms with van der Waals surface area (Å²) in [7, 11) is -3.71. The molecule has 25 heavy (non-hydrogen) atoms. The second kappa shape index (κ2) is 7.11. The van der Waals surface area contributed by atoms with Crippen molar-refractivity contribution < 1.29 is 17.6 Å². The molecule has 3 rings (SSSR count). The zero-order chi connectivity index (χ0) is 18.2. The first-order valence-corrected chi connectivity index (χ1v) is 10.2. The molecule has 1 aliphatic rings. The maximum Gasteiger partial charge on any atom is 0.289 e. The van der Waals surface area contributed by atoms with E-state index >= 15 is 0 Å². The van der Waals surface area contributed by atoms with Crippen molar-refractivity contribution in [1.82, 2.24) is 9.21 Å². The summed E-state index contributed by atoms with van der Waals surface area (Å²) < 4.78 is 32.9. The molecule has 0 spiro atoms. The number of carbonyl (C=O) groups excluding carboxylic acids is 1. The standard InChI is InChI=1S/C16H16BrClN2O4S/c1-11-2-5-14(24-11)16(21)19-6-8-20(9-7-19)25(22,23)15-10-12(17)3-4-13(15)18/h2-5,10H,6-9H2,1H3. The van der Waals surface area contributed by atoms with Crippen LogP contribution in [0.15, 0.2) is 44.1 Å². The van der Waals surface area contributed by atoms with Crippen LogP contribution in [0.5, 0.6) is 0 Å². The molecule has 0 bridgehead atoms. The van der Waals surface area contributed by atoms with Gasteiger partial charge in [-0.15, -0.1) is 0 Å². The van der Waals surface area contributed by atoms with Crippen molar-refractivity contribution >= 4 is 43.5 Å². The Hall–Kier alpha value is -1.35. The molecule has 1 aliphatic heterocycles. The van der Waals surface area contributed by atoms with Crippen LogP contribution in [-0.4, -0.2) is 49.7 Å². The molecule has 0 atom stereocenters. The van der Waals surface area contributed by atoms with Gasteiger partial charge in [-0.25, -0.2) is 8.42 Å². The number of sulfonamides is 1. The van der Waals surface area contributed by atoms with E-state index in [1.54, 1.807) is 30.0 Å². The maximum atomic E-state index is 12.8. The predicted molar refractivity (Wildman–Crippen MR) is 97.3 cm³/mol. The normalized spacial score (nSPS) is 16.2. The molecule has 1 saturated heterocycles. The Morgan fingerprint density at radius 1 is 1.16 bits per heavy atom. The lowest BCUT2D eigenvalue weighted by Crippen LogP contribution is -2.50. The van der Waals surface area contributed by atoms with Crippen molar-refractivity contribution in [3.05, 3.63) is 51.3 Å². The number of halogens is 2. The molecule has 6 nitrogen and oxygen atoms in total. The Bertz CT molecular complexity index is 905. The summed E-state index contributed by atoms with van der Waals surface area (Å²) in [5, 5.41) is 0.174. The van der Waals surface area contributed by atoms with Crippen LogP contribution < -0.4 is 0 Å². The summed E-state index contributed by atoms with van der Waals surface area (Å²) in [5.41, 5.74) is 0. The van der Waals surface area contributed by atoms with E-state index in [-0.39, 0.29) is 34.7 Å². The molecule has 1 amide bonds. The molecule has 0 unspecified atom stereocenters. The molecule has 2 aromatic rings. The zero-order valence-electron chi connectivity index (χ0n) is 13.4. The second-order valence-electron chi connectivity index (χ2n) is 5.68. The van der Waals surface area contributed by atoms with Crippen LogP contribution in [0.1, 0.15) is 16.3 Å². The van der Waals surface area contributed by atoms with Gasteiger partial charge in [0.15, 0.2) is 5.76 Å². The number of amides is 1. The van der Waals surface area contributed by atoms with Crippen LogP contribution in [-0.2, 0) is 10.0 Å². The molecular formula is C16H16BrClN2O4S. The van der Waals surface area contributed by atoms with E-state index < -0.39 is 10.0 Å². The highest BCUT2D eigenvalue weighted by molar-refractivity contribution is 9.10. The van der Waals surface area contributed by atoms with Gasteiger partial charge in [0.25, 0.3) is 5.91 Å². The number of hydrogen-bond acceptors (Lipinski definition) is 4. The minimum absolute atomic E-state index is 0.0602. The van der Waals surface area contributed by atoms with Crippen LogP contribution >= 0.6 is 27.5 Å². The number of carbonyl (C=O) groups is 1. The minimum Gasteiger partial charge on any atom is -0.456 e. The SMILES string of the molecule is Cc1ccc(C(=O)N2CCN(S(=O)(=O)c3cc(Br)ccc3Cl)CC2)o1. The summed E-state index contributed by atoms with van der Waals surface area (Å²) in [6, 6.07) is 8.06. The van der Waals surface area contributed by atoms with E-state index in [9.17, 15) is 13.2 Å². The number of aryl methyl sites for hydroxylation is 1. The van der Waals surface area contributed by atoms with Crippen LogP contribution in [0.4, 0.5) is 0 Å². The summed E-state index contributed by atoms with van der Waals surface area (Å²) in [6.45, 7) is 2.77. The average Bonchev–Trinajstić information content (AvgIpc) is 3.03. The summed E-state index contributed by atoms with van der Waals surface area (Å²) in [6.07, 6.45) is 0. The van der Waals surface area contributed by atoms with E-state index in [0.29, 0.717) is 23.3 Å². The Labute approximate surface area is 159 Å². The van der Waals surface area contributed by atoms with Gasteiger partial charge >= 0.3 is 0 Å². The van der Waals surface area contributed by atoms with Gasteiger partial charge in [0.05, 0.1) is 5.02 Å². The van der Waals surface area contributed by atoms with E-state index in [1.807, 2.05) is 0 Å². The summed E-state index contributed by atoms with van der Waals surface area (Å²) >= 11 is 9.32. The largest absolute Gasteiger partial charge is 0.456 e. The topological polar surface area (TPSA) is 70.8 Å². The van der Waals surface area contributed by atoms with Crippen molar-refractivity contribution in [3.63, 3.8) is 0 Å². The zero-order valence-corrected chi connectivity index (χ0v) is 16.6. The third kappa shape index (κ3) is 3.76. The number of nitrogens with zero attached hydrogens (tertiary/aromatic N) is 2. The lowest BCUT2D eigenvalue weighted by atomic mass is 10.3. The molecule has 1 fully saturated rings. The van der Waals surface area contributed by atoms with Gasteiger partial charge in [0.1, 0.15) is 10.7 Å². The Kier molecular flexibility index (Phi) is 5.24. The van der Waals surface area contributed by atoms with E-state index in [1.165, 1.54) is 16.4 Å². The van der Waals surface area contributed by atoms with Crippen LogP contribution in [0.25, 0.3) is 0 Å². The number of furan rings is 1. The van der Waals surface area contributed by atoms with E-state index in [4.69, 9.17) is 16.0 Å². The van der Waals surface area contributed by atoms with E-state index in [2.05, 4.69) is 15.9 Å². The fourth-order valence-corrected chi connectivity index (χ4v) is 5.09. The number of piperazine rings is 1. The summed E-state index contributed by atoms with van der Waals surface area (Å²) in [5.74, 6) is 0.698. The molecule has 0 saturated carbocycles. The quantitative estimate of drug-likeness (QED) is 0.725. The Balaban J connectivity index is 1.73. The highest BCUT2D eigenvalue weighted by Crippen LogP contribution is 2.28. The Morgan fingerprint density at radius 2 is 1.84 bits per heavy atom. The van der Waals surface area contributed by atoms with Crippen molar-refractivity contribution in [2.45, 2.75) is 11.8 Å². The van der Waals surface area contributed by atoms with Crippen LogP contribution in [0.3, 0.4) is 0 Å². The van der Waals surface area contributed by atoms with Crippen molar-refractivity contribution in [2.75, 3.05) is 26.2 Å². The molecule has 0 aliphatic carbocycles. The van der Waals surface area contributed by atoms with Gasteiger partial charge in [-0.1, -0.05) is 27.5 Å². The monoisotopic (exact) mass is 446 g/mol. The fourth-order valence-electron chi connectivity index (χ4n) is 2.65. The maximum absolute atomic E-state index is 12.8. The fraction of sp³-hybridized carbons (Fsp3) is 0.312. The van der Waals surface area contributed by atoms with Gasteiger partial charge in [0, 0.05) is 30.7 Å². The highest BCUT2D eigenvalue weighted by Gasteiger charge is 2.32. The molecular weight excluding hydrogens is 432 g/mol. The molecule has 1 aromatic carbocycles. The first kappa shape index (κ1) is 18.4. The third-order valence-electron chi connectivity index (χ3n) is 3.99. The van der Waals surface area contributed by atoms with Crippen LogP contribution in [0.2, 0.25) is 5.02 Å². The molecule has 9 heteroatoms. The first-order chi connectivity index (χ1) is 11.8. The lowest BCUT2D eigenvalue weighted by molar-refractivity contribution is 0.0664. The van der Waals surface area contributed by atoms with Crippen molar-refractivity contribution in [3.8, 4) is 0 Å². The molecule has 0 N–H and O–H groups in total. The van der Waals surface area contributed by atoms with E-state index in [0.717, 1.165) is 0 Å². The van der Waals surface area contributed by atoms with Gasteiger partial charge in [-0.3, -0.25) is 4.79 Å². The number of rotatable bonds is 3. The van der Waals surface area contributed by atoms with Crippen molar-refractivity contribution in [1.29, 1.82) is 0 Å². The minimum atomic E-state index is -3.71. The predicted octanol–water partition coefficient (Wildman–Crippen LogP) is 3.15. The van der Waals surface area contributed by atoms with Gasteiger partial charge in [-0.2, -0.15) is 4.31 Å². The molecule has 2 heterocycles. The van der Waals surface area contributed by atoms with Crippen molar-refractivity contribution in [2.24, 2.45) is 0 Å².